The number of rotatable bonds is 4. The number of aromatic hydroxyl groups is 1. The summed E-state index contributed by atoms with van der Waals surface area (Å²) in [7, 11) is 0. The maximum atomic E-state index is 12.3. The number of carbonyl (C=O) groups excluding carboxylic acids is 1. The first-order chi connectivity index (χ1) is 12.5. The quantitative estimate of drug-likeness (QED) is 0.787. The molecule has 6 heteroatoms. The van der Waals surface area contributed by atoms with E-state index in [4.69, 9.17) is 5.11 Å². The van der Waals surface area contributed by atoms with Gasteiger partial charge in [0.1, 0.15) is 5.75 Å². The molecule has 1 saturated heterocycles. The molecule has 2 amide bonds. The van der Waals surface area contributed by atoms with Crippen LogP contribution in [0.2, 0.25) is 0 Å². The Kier molecular flexibility index (Phi) is 5.41. The maximum Gasteiger partial charge on any atom is 0.335 e. The van der Waals surface area contributed by atoms with Crippen molar-refractivity contribution in [2.75, 3.05) is 13.1 Å². The topological polar surface area (TPSA) is 89.9 Å². The highest BCUT2D eigenvalue weighted by Gasteiger charge is 2.23. The lowest BCUT2D eigenvalue weighted by atomic mass is 9.89. The van der Waals surface area contributed by atoms with Gasteiger partial charge in [0, 0.05) is 19.6 Å². The lowest BCUT2D eigenvalue weighted by Crippen LogP contribution is -2.43. The Balaban J connectivity index is 1.47. The molecule has 0 saturated carbocycles. The summed E-state index contributed by atoms with van der Waals surface area (Å²) in [6, 6.07) is 13.7. The molecular formula is C20H22N2O4. The van der Waals surface area contributed by atoms with Crippen molar-refractivity contribution in [3.8, 4) is 5.75 Å². The van der Waals surface area contributed by atoms with E-state index in [2.05, 4.69) is 5.32 Å². The number of carboxylic acid groups (broad SMARTS) is 1. The zero-order valence-electron chi connectivity index (χ0n) is 14.4. The molecule has 2 aromatic rings. The third-order valence-corrected chi connectivity index (χ3v) is 4.79. The number of nitrogens with one attached hydrogen (secondary N) is 1. The number of hydrogen-bond acceptors (Lipinski definition) is 3. The summed E-state index contributed by atoms with van der Waals surface area (Å²) in [6.07, 6.45) is 1.79. The van der Waals surface area contributed by atoms with E-state index in [0.717, 1.165) is 18.4 Å². The molecule has 0 spiro atoms. The van der Waals surface area contributed by atoms with E-state index in [9.17, 15) is 14.7 Å². The van der Waals surface area contributed by atoms with Crippen LogP contribution in [0.15, 0.2) is 48.5 Å². The van der Waals surface area contributed by atoms with Gasteiger partial charge in [0.15, 0.2) is 0 Å². The van der Waals surface area contributed by atoms with Crippen LogP contribution >= 0.6 is 0 Å². The Bertz CT molecular complexity index is 763. The summed E-state index contributed by atoms with van der Waals surface area (Å²) >= 11 is 0. The smallest absolute Gasteiger partial charge is 0.335 e. The minimum absolute atomic E-state index is 0.100. The highest BCUT2D eigenvalue weighted by atomic mass is 16.4. The number of benzene rings is 2. The van der Waals surface area contributed by atoms with Crippen molar-refractivity contribution in [1.29, 1.82) is 0 Å². The van der Waals surface area contributed by atoms with Crippen molar-refractivity contribution in [1.82, 2.24) is 10.2 Å². The molecule has 6 nitrogen and oxygen atoms in total. The highest BCUT2D eigenvalue weighted by Crippen LogP contribution is 2.29. The molecule has 2 aromatic carbocycles. The number of carboxylic acids is 1. The summed E-state index contributed by atoms with van der Waals surface area (Å²) in [4.78, 5) is 25.0. The monoisotopic (exact) mass is 354 g/mol. The summed E-state index contributed by atoms with van der Waals surface area (Å²) in [5.74, 6) is -0.290. The van der Waals surface area contributed by atoms with Gasteiger partial charge in [-0.3, -0.25) is 0 Å². The number of phenolic OH excluding ortho intramolecular Hbond substituents is 1. The molecule has 3 rings (SSSR count). The van der Waals surface area contributed by atoms with E-state index in [1.165, 1.54) is 17.7 Å². The molecular weight excluding hydrogens is 332 g/mol. The number of phenols is 1. The Morgan fingerprint density at radius 2 is 1.62 bits per heavy atom. The molecule has 0 aromatic heterocycles. The van der Waals surface area contributed by atoms with E-state index in [1.807, 2.05) is 17.0 Å². The van der Waals surface area contributed by atoms with Crippen LogP contribution in [0.5, 0.6) is 5.75 Å². The summed E-state index contributed by atoms with van der Waals surface area (Å²) in [6.45, 7) is 1.75. The second-order valence-corrected chi connectivity index (χ2v) is 6.51. The Hall–Kier alpha value is -3.02. The molecule has 3 N–H and O–H groups in total. The number of likely N-dealkylation sites (tertiary alicyclic amines) is 1. The first kappa shape index (κ1) is 17.8. The van der Waals surface area contributed by atoms with E-state index in [-0.39, 0.29) is 17.3 Å². The van der Waals surface area contributed by atoms with Crippen LogP contribution in [0.4, 0.5) is 4.79 Å². The van der Waals surface area contributed by atoms with Gasteiger partial charge in [-0.15, -0.1) is 0 Å². The summed E-state index contributed by atoms with van der Waals surface area (Å²) < 4.78 is 0. The third-order valence-electron chi connectivity index (χ3n) is 4.79. The van der Waals surface area contributed by atoms with Gasteiger partial charge in [-0.2, -0.15) is 0 Å². The minimum atomic E-state index is -0.961. The van der Waals surface area contributed by atoms with Crippen LogP contribution in [0, 0.1) is 0 Å². The standard InChI is InChI=1S/C20H22N2O4/c23-18-7-5-15(6-8-18)16-9-11-22(12-10-16)20(26)21-13-14-1-3-17(4-2-14)19(24)25/h1-8,16,23H,9-13H2,(H,21,26)(H,24,25). The van der Waals surface area contributed by atoms with Gasteiger partial charge in [-0.05, 0) is 54.2 Å². The van der Waals surface area contributed by atoms with Gasteiger partial charge < -0.3 is 20.4 Å². The lowest BCUT2D eigenvalue weighted by molar-refractivity contribution is 0.0697. The highest BCUT2D eigenvalue weighted by molar-refractivity contribution is 5.87. The largest absolute Gasteiger partial charge is 0.508 e. The van der Waals surface area contributed by atoms with Gasteiger partial charge in [0.2, 0.25) is 0 Å². The fourth-order valence-corrected chi connectivity index (χ4v) is 3.22. The van der Waals surface area contributed by atoms with Crippen LogP contribution in [0.25, 0.3) is 0 Å². The number of carbonyl (C=O) groups is 2. The zero-order chi connectivity index (χ0) is 18.5. The van der Waals surface area contributed by atoms with E-state index < -0.39 is 5.97 Å². The SMILES string of the molecule is O=C(O)c1ccc(CNC(=O)N2CCC(c3ccc(O)cc3)CC2)cc1. The Morgan fingerprint density at radius 1 is 1.00 bits per heavy atom. The molecule has 0 aliphatic carbocycles. The van der Waals surface area contributed by atoms with Crippen molar-refractivity contribution in [3.63, 3.8) is 0 Å². The van der Waals surface area contributed by atoms with Crippen molar-refractivity contribution in [3.05, 3.63) is 65.2 Å². The van der Waals surface area contributed by atoms with Crippen LogP contribution in [0.3, 0.4) is 0 Å². The molecule has 0 bridgehead atoms. The number of aromatic carboxylic acids is 1. The molecule has 1 aliphatic heterocycles. The summed E-state index contributed by atoms with van der Waals surface area (Å²) in [5, 5.41) is 21.2. The molecule has 1 aliphatic rings. The Morgan fingerprint density at radius 3 is 2.19 bits per heavy atom. The first-order valence-electron chi connectivity index (χ1n) is 8.67. The van der Waals surface area contributed by atoms with E-state index in [1.54, 1.807) is 24.3 Å². The van der Waals surface area contributed by atoms with Crippen LogP contribution in [-0.2, 0) is 6.54 Å². The number of piperidine rings is 1. The number of nitrogens with zero attached hydrogens (tertiary/aromatic N) is 1. The predicted octanol–water partition coefficient (Wildman–Crippen LogP) is 3.18. The molecule has 26 heavy (non-hydrogen) atoms. The molecule has 0 radical (unpaired) electrons. The maximum absolute atomic E-state index is 12.3. The van der Waals surface area contributed by atoms with Gasteiger partial charge in [-0.25, -0.2) is 9.59 Å². The number of hydrogen-bond donors (Lipinski definition) is 3. The molecule has 136 valence electrons. The van der Waals surface area contributed by atoms with Crippen molar-refractivity contribution in [2.45, 2.75) is 25.3 Å². The van der Waals surface area contributed by atoms with Crippen molar-refractivity contribution >= 4 is 12.0 Å². The molecule has 1 heterocycles. The Labute approximate surface area is 152 Å². The summed E-state index contributed by atoms with van der Waals surface area (Å²) in [5.41, 5.74) is 2.29. The van der Waals surface area contributed by atoms with Gasteiger partial charge in [0.05, 0.1) is 5.56 Å². The number of urea groups is 1. The fourth-order valence-electron chi connectivity index (χ4n) is 3.22. The van der Waals surface area contributed by atoms with E-state index >= 15 is 0 Å². The predicted molar refractivity (Wildman–Crippen MR) is 97.3 cm³/mol. The van der Waals surface area contributed by atoms with Crippen molar-refractivity contribution < 1.29 is 19.8 Å². The van der Waals surface area contributed by atoms with Crippen molar-refractivity contribution in [2.24, 2.45) is 0 Å². The van der Waals surface area contributed by atoms with Crippen LogP contribution in [-0.4, -0.2) is 40.2 Å². The van der Waals surface area contributed by atoms with Gasteiger partial charge >= 0.3 is 12.0 Å². The average molecular weight is 354 g/mol. The number of amides is 2. The molecule has 0 atom stereocenters. The average Bonchev–Trinajstić information content (AvgIpc) is 2.67. The normalized spacial score (nSPS) is 14.8. The van der Waals surface area contributed by atoms with Crippen LogP contribution in [0.1, 0.15) is 40.2 Å². The second kappa shape index (κ2) is 7.91. The van der Waals surface area contributed by atoms with Gasteiger partial charge in [0.25, 0.3) is 0 Å². The second-order valence-electron chi connectivity index (χ2n) is 6.51. The lowest BCUT2D eigenvalue weighted by Gasteiger charge is -2.32. The third kappa shape index (κ3) is 4.33. The molecule has 1 fully saturated rings. The first-order valence-corrected chi connectivity index (χ1v) is 8.67. The van der Waals surface area contributed by atoms with E-state index in [0.29, 0.717) is 25.6 Å². The molecule has 0 unspecified atom stereocenters. The fraction of sp³-hybridized carbons (Fsp3) is 0.300. The van der Waals surface area contributed by atoms with Gasteiger partial charge in [-0.1, -0.05) is 24.3 Å². The zero-order valence-corrected chi connectivity index (χ0v) is 14.4. The minimum Gasteiger partial charge on any atom is -0.508 e. The van der Waals surface area contributed by atoms with Crippen LogP contribution < -0.4 is 5.32 Å².